The summed E-state index contributed by atoms with van der Waals surface area (Å²) in [5.41, 5.74) is -0.178. The summed E-state index contributed by atoms with van der Waals surface area (Å²) in [6.07, 6.45) is -9.68. The predicted octanol–water partition coefficient (Wildman–Crippen LogP) is 4.21. The lowest BCUT2D eigenvalue weighted by Gasteiger charge is -2.20. The van der Waals surface area contributed by atoms with Crippen molar-refractivity contribution in [2.45, 2.75) is 70.1 Å². The fourth-order valence-corrected chi connectivity index (χ4v) is 2.50. The molecule has 164 valence electrons. The lowest BCUT2D eigenvalue weighted by atomic mass is 10.1. The highest BCUT2D eigenvalue weighted by molar-refractivity contribution is 5.64. The molecule has 0 aromatic carbocycles. The number of rotatable bonds is 5. The third kappa shape index (κ3) is 6.15. The molecule has 1 heterocycles. The van der Waals surface area contributed by atoms with Crippen molar-refractivity contribution >= 4 is 17.5 Å². The Morgan fingerprint density at radius 3 is 1.83 bits per heavy atom. The minimum Gasteiger partial charge on any atom is -0.386 e. The van der Waals surface area contributed by atoms with Gasteiger partial charge in [-0.2, -0.15) is 41.3 Å². The number of hydrogen-bond acceptors (Lipinski definition) is 6. The van der Waals surface area contributed by atoms with Crippen molar-refractivity contribution in [1.29, 1.82) is 0 Å². The molecule has 1 aliphatic rings. The van der Waals surface area contributed by atoms with Gasteiger partial charge in [0, 0.05) is 5.57 Å². The Bertz CT molecular complexity index is 710. The van der Waals surface area contributed by atoms with E-state index in [4.69, 9.17) is 0 Å². The topological polar surface area (TPSA) is 83.0 Å². The smallest absolute Gasteiger partial charge is 0.386 e. The van der Waals surface area contributed by atoms with Crippen LogP contribution >= 0.6 is 0 Å². The van der Waals surface area contributed by atoms with Crippen LogP contribution in [-0.2, 0) is 0 Å². The summed E-state index contributed by atoms with van der Waals surface area (Å²) in [6.45, 7) is 1.54. The average Bonchev–Trinajstić information content (AvgIpc) is 2.74. The molecular weight excluding hydrogens is 411 g/mol. The maximum absolute atomic E-state index is 14.5. The third-order valence-electron chi connectivity index (χ3n) is 4.31. The molecule has 1 unspecified atom stereocenters. The van der Waals surface area contributed by atoms with Gasteiger partial charge in [-0.05, 0) is 33.1 Å². The molecule has 1 aromatic rings. The number of allylic oxidation sites excluding steroid dienone is 1. The quantitative estimate of drug-likeness (QED) is 0.606. The Labute approximate surface area is 161 Å². The molecule has 0 saturated carbocycles. The highest BCUT2D eigenvalue weighted by Crippen LogP contribution is 2.32. The second kappa shape index (κ2) is 8.67. The number of halogens is 7. The van der Waals surface area contributed by atoms with E-state index in [0.717, 1.165) is 13.8 Å². The number of anilines is 2. The van der Waals surface area contributed by atoms with Crippen LogP contribution in [0.5, 0.6) is 0 Å². The Morgan fingerprint density at radius 1 is 0.897 bits per heavy atom. The first kappa shape index (κ1) is 23.1. The summed E-state index contributed by atoms with van der Waals surface area (Å²) < 4.78 is 91.4. The van der Waals surface area contributed by atoms with Crippen molar-refractivity contribution in [2.75, 3.05) is 10.6 Å². The number of nitrogens with one attached hydrogen (secondary N) is 2. The normalized spacial score (nSPS) is 20.8. The fraction of sp³-hybridized carbons (Fsp3) is 0.688. The van der Waals surface area contributed by atoms with Crippen molar-refractivity contribution < 1.29 is 35.8 Å². The van der Waals surface area contributed by atoms with E-state index in [1.54, 1.807) is 0 Å². The molecule has 0 amide bonds. The Kier molecular flexibility index (Phi) is 6.91. The van der Waals surface area contributed by atoms with Crippen molar-refractivity contribution in [3.8, 4) is 0 Å². The molecule has 3 N–H and O–H groups in total. The number of aliphatic hydroxyl groups is 1. The first-order valence-corrected chi connectivity index (χ1v) is 8.78. The van der Waals surface area contributed by atoms with Crippen LogP contribution in [-0.4, -0.2) is 50.6 Å². The predicted molar refractivity (Wildman–Crippen MR) is 90.6 cm³/mol. The molecule has 0 spiro atoms. The largest absolute Gasteiger partial charge is 0.408 e. The van der Waals surface area contributed by atoms with Gasteiger partial charge in [-0.25, -0.2) is 4.39 Å². The summed E-state index contributed by atoms with van der Waals surface area (Å²) in [6, 6.07) is -4.24. The summed E-state index contributed by atoms with van der Waals surface area (Å²) in [4.78, 5) is 11.0. The molecular formula is C16H20F7N5O. The molecule has 1 aliphatic carbocycles. The van der Waals surface area contributed by atoms with E-state index in [1.807, 2.05) is 10.6 Å². The number of aromatic nitrogens is 3. The Hall–Kier alpha value is -2.18. The highest BCUT2D eigenvalue weighted by Gasteiger charge is 2.38. The zero-order chi connectivity index (χ0) is 22.0. The lowest BCUT2D eigenvalue weighted by molar-refractivity contribution is -0.139. The van der Waals surface area contributed by atoms with Gasteiger partial charge in [-0.1, -0.05) is 6.42 Å². The van der Waals surface area contributed by atoms with Gasteiger partial charge in [0.1, 0.15) is 24.0 Å². The molecule has 13 heteroatoms. The Balaban J connectivity index is 2.47. The fourth-order valence-electron chi connectivity index (χ4n) is 2.50. The molecule has 0 bridgehead atoms. The SMILES string of the molecule is CC(Nc1nc(N[C@H](C)C(F)(F)F)nc(C2=C(F)[C@H](O)CCCC2)n1)C(F)(F)F. The zero-order valence-corrected chi connectivity index (χ0v) is 15.5. The molecule has 6 nitrogen and oxygen atoms in total. The monoisotopic (exact) mass is 431 g/mol. The van der Waals surface area contributed by atoms with Gasteiger partial charge >= 0.3 is 12.4 Å². The molecule has 29 heavy (non-hydrogen) atoms. The lowest BCUT2D eigenvalue weighted by Crippen LogP contribution is -2.35. The van der Waals surface area contributed by atoms with Gasteiger partial charge in [0.05, 0.1) is 0 Å². The van der Waals surface area contributed by atoms with Crippen molar-refractivity contribution in [2.24, 2.45) is 0 Å². The van der Waals surface area contributed by atoms with Crippen LogP contribution in [0.15, 0.2) is 5.83 Å². The molecule has 0 aliphatic heterocycles. The van der Waals surface area contributed by atoms with Crippen LogP contribution in [0.25, 0.3) is 5.57 Å². The van der Waals surface area contributed by atoms with Gasteiger partial charge in [0.15, 0.2) is 5.82 Å². The summed E-state index contributed by atoms with van der Waals surface area (Å²) >= 11 is 0. The van der Waals surface area contributed by atoms with E-state index in [-0.39, 0.29) is 18.4 Å². The minimum absolute atomic E-state index is 0.0649. The van der Waals surface area contributed by atoms with Crippen molar-refractivity contribution in [1.82, 2.24) is 15.0 Å². The van der Waals surface area contributed by atoms with Crippen LogP contribution < -0.4 is 10.6 Å². The molecule has 1 aromatic heterocycles. The highest BCUT2D eigenvalue weighted by atomic mass is 19.4. The maximum Gasteiger partial charge on any atom is 0.408 e. The van der Waals surface area contributed by atoms with Gasteiger partial charge < -0.3 is 15.7 Å². The number of nitrogens with zero attached hydrogens (tertiary/aromatic N) is 3. The second-order valence-electron chi connectivity index (χ2n) is 6.71. The molecule has 0 saturated heterocycles. The maximum atomic E-state index is 14.5. The van der Waals surface area contributed by atoms with Crippen LogP contribution in [0.4, 0.5) is 42.6 Å². The third-order valence-corrected chi connectivity index (χ3v) is 4.31. The number of alkyl halides is 6. The first-order valence-electron chi connectivity index (χ1n) is 8.78. The van der Waals surface area contributed by atoms with Crippen molar-refractivity contribution in [3.63, 3.8) is 0 Å². The first-order chi connectivity index (χ1) is 13.3. The zero-order valence-electron chi connectivity index (χ0n) is 15.5. The molecule has 3 atom stereocenters. The van der Waals surface area contributed by atoms with Gasteiger partial charge in [-0.15, -0.1) is 0 Å². The van der Waals surface area contributed by atoms with E-state index in [9.17, 15) is 35.8 Å². The van der Waals surface area contributed by atoms with E-state index in [2.05, 4.69) is 15.0 Å². The summed E-state index contributed by atoms with van der Waals surface area (Å²) in [7, 11) is 0. The van der Waals surface area contributed by atoms with Crippen LogP contribution in [0.1, 0.15) is 45.4 Å². The Morgan fingerprint density at radius 2 is 1.38 bits per heavy atom. The van der Waals surface area contributed by atoms with Gasteiger partial charge in [0.25, 0.3) is 0 Å². The van der Waals surface area contributed by atoms with Crippen LogP contribution in [0, 0.1) is 0 Å². The summed E-state index contributed by atoms with van der Waals surface area (Å²) in [5.74, 6) is -2.74. The molecule has 0 radical (unpaired) electrons. The van der Waals surface area contributed by atoms with E-state index >= 15 is 0 Å². The van der Waals surface area contributed by atoms with Crippen LogP contribution in [0.2, 0.25) is 0 Å². The minimum atomic E-state index is -4.68. The van der Waals surface area contributed by atoms with E-state index < -0.39 is 54.1 Å². The number of aliphatic hydroxyl groups excluding tert-OH is 1. The van der Waals surface area contributed by atoms with E-state index in [0.29, 0.717) is 12.8 Å². The molecule has 0 fully saturated rings. The standard InChI is InChI=1S/C16H20F7N5O/c1-7(15(18,19)20)24-13-26-12(9-5-3-4-6-10(29)11(9)17)27-14(28-13)25-8(2)16(21,22)23/h7-8,10,29H,3-6H2,1-2H3,(H2,24,25,26,27,28)/t7-,8?,10-/m1/s1. The molecule has 2 rings (SSSR count). The van der Waals surface area contributed by atoms with Crippen LogP contribution in [0.3, 0.4) is 0 Å². The second-order valence-corrected chi connectivity index (χ2v) is 6.71. The van der Waals surface area contributed by atoms with Crippen molar-refractivity contribution in [3.05, 3.63) is 11.7 Å². The van der Waals surface area contributed by atoms with Gasteiger partial charge in [-0.3, -0.25) is 0 Å². The average molecular weight is 431 g/mol. The summed E-state index contributed by atoms with van der Waals surface area (Å²) in [5, 5.41) is 13.7. The number of hydrogen-bond donors (Lipinski definition) is 3. The van der Waals surface area contributed by atoms with E-state index in [1.165, 1.54) is 0 Å². The van der Waals surface area contributed by atoms with Gasteiger partial charge in [0.2, 0.25) is 11.9 Å².